The third-order valence-electron chi connectivity index (χ3n) is 4.43. The zero-order chi connectivity index (χ0) is 20.8. The second-order valence-electron chi connectivity index (χ2n) is 6.58. The fourth-order valence-electron chi connectivity index (χ4n) is 2.95. The summed E-state index contributed by atoms with van der Waals surface area (Å²) in [5, 5.41) is 11.2. The van der Waals surface area contributed by atoms with Crippen molar-refractivity contribution >= 4 is 17.6 Å². The average Bonchev–Trinajstić information content (AvgIpc) is 3.42. The fraction of sp³-hybridized carbons (Fsp3) is 0.286. The van der Waals surface area contributed by atoms with Gasteiger partial charge >= 0.3 is 0 Å². The Morgan fingerprint density at radius 1 is 1.10 bits per heavy atom. The molecule has 2 heterocycles. The molecule has 0 atom stereocenters. The van der Waals surface area contributed by atoms with Crippen LogP contribution < -0.4 is 20.1 Å². The van der Waals surface area contributed by atoms with Crippen LogP contribution in [-0.4, -0.2) is 36.0 Å². The second-order valence-corrected chi connectivity index (χ2v) is 7.01. The van der Waals surface area contributed by atoms with Crippen LogP contribution in [0.2, 0.25) is 5.02 Å². The Morgan fingerprint density at radius 2 is 1.93 bits per heavy atom. The number of hydrogen-bond donors (Lipinski definition) is 2. The van der Waals surface area contributed by atoms with E-state index in [1.165, 1.54) is 0 Å². The number of aromatic nitrogens is 2. The van der Waals surface area contributed by atoms with Crippen molar-refractivity contribution in [3.63, 3.8) is 0 Å². The molecule has 0 spiro atoms. The summed E-state index contributed by atoms with van der Waals surface area (Å²) in [7, 11) is 0. The number of ether oxygens (including phenoxy) is 2. The molecule has 9 heteroatoms. The van der Waals surface area contributed by atoms with E-state index in [1.807, 2.05) is 37.3 Å². The number of aliphatic imine (C=N–C) groups is 1. The number of halogens is 1. The van der Waals surface area contributed by atoms with Gasteiger partial charge in [0.1, 0.15) is 6.54 Å². The van der Waals surface area contributed by atoms with E-state index in [4.69, 9.17) is 25.6 Å². The van der Waals surface area contributed by atoms with E-state index in [0.29, 0.717) is 29.2 Å². The van der Waals surface area contributed by atoms with Crippen LogP contribution in [0.25, 0.3) is 11.4 Å². The van der Waals surface area contributed by atoms with Crippen LogP contribution in [0.5, 0.6) is 11.5 Å². The first-order valence-corrected chi connectivity index (χ1v) is 10.1. The molecule has 0 fully saturated rings. The van der Waals surface area contributed by atoms with E-state index < -0.39 is 0 Å². The van der Waals surface area contributed by atoms with Crippen molar-refractivity contribution in [2.75, 3.05) is 19.9 Å². The molecule has 2 aromatic carbocycles. The average molecular weight is 428 g/mol. The molecule has 30 heavy (non-hydrogen) atoms. The Bertz CT molecular complexity index is 1020. The van der Waals surface area contributed by atoms with Crippen LogP contribution in [0.4, 0.5) is 0 Å². The first-order chi connectivity index (χ1) is 14.7. The van der Waals surface area contributed by atoms with Gasteiger partial charge in [-0.1, -0.05) is 22.8 Å². The molecular weight excluding hydrogens is 406 g/mol. The summed E-state index contributed by atoms with van der Waals surface area (Å²) >= 11 is 5.92. The van der Waals surface area contributed by atoms with Crippen LogP contribution >= 0.6 is 11.6 Å². The van der Waals surface area contributed by atoms with Gasteiger partial charge in [0.15, 0.2) is 17.5 Å². The normalized spacial score (nSPS) is 12.8. The van der Waals surface area contributed by atoms with Crippen molar-refractivity contribution in [2.24, 2.45) is 4.99 Å². The molecule has 0 unspecified atom stereocenters. The molecule has 3 aromatic rings. The highest BCUT2D eigenvalue weighted by Crippen LogP contribution is 2.32. The van der Waals surface area contributed by atoms with Crippen molar-refractivity contribution in [1.29, 1.82) is 0 Å². The van der Waals surface area contributed by atoms with Gasteiger partial charge in [0.25, 0.3) is 0 Å². The number of nitrogens with one attached hydrogen (secondary N) is 2. The Labute approximate surface area is 179 Å². The quantitative estimate of drug-likeness (QED) is 0.440. The number of benzene rings is 2. The number of nitrogens with zero attached hydrogens (tertiary/aromatic N) is 3. The molecule has 0 amide bonds. The third-order valence-corrected chi connectivity index (χ3v) is 4.68. The molecule has 0 radical (unpaired) electrons. The molecule has 1 aliphatic rings. The van der Waals surface area contributed by atoms with Gasteiger partial charge in [-0.05, 0) is 55.3 Å². The van der Waals surface area contributed by atoms with E-state index in [0.717, 1.165) is 35.6 Å². The first kappa shape index (κ1) is 20.0. The van der Waals surface area contributed by atoms with E-state index in [9.17, 15) is 0 Å². The van der Waals surface area contributed by atoms with Gasteiger partial charge in [0, 0.05) is 23.7 Å². The monoisotopic (exact) mass is 427 g/mol. The lowest BCUT2D eigenvalue weighted by Crippen LogP contribution is -2.38. The molecule has 8 nitrogen and oxygen atoms in total. The van der Waals surface area contributed by atoms with Gasteiger partial charge in [0.05, 0.1) is 0 Å². The van der Waals surface area contributed by atoms with Crippen LogP contribution in [0, 0.1) is 0 Å². The van der Waals surface area contributed by atoms with Gasteiger partial charge in [-0.25, -0.2) is 4.99 Å². The van der Waals surface area contributed by atoms with Crippen LogP contribution in [-0.2, 0) is 13.0 Å². The molecule has 4 rings (SSSR count). The van der Waals surface area contributed by atoms with Crippen LogP contribution in [0.3, 0.4) is 0 Å². The van der Waals surface area contributed by atoms with E-state index in [2.05, 4.69) is 25.8 Å². The van der Waals surface area contributed by atoms with Gasteiger partial charge < -0.3 is 24.6 Å². The predicted octanol–water partition coefficient (Wildman–Crippen LogP) is 3.42. The van der Waals surface area contributed by atoms with Crippen LogP contribution in [0.15, 0.2) is 52.0 Å². The summed E-state index contributed by atoms with van der Waals surface area (Å²) in [6.45, 7) is 4.03. The molecule has 1 aromatic heterocycles. The highest BCUT2D eigenvalue weighted by atomic mass is 35.5. The lowest BCUT2D eigenvalue weighted by molar-refractivity contribution is 0.174. The molecule has 0 bridgehead atoms. The Hall–Kier alpha value is -3.26. The lowest BCUT2D eigenvalue weighted by atomic mass is 10.1. The SMILES string of the molecule is CCNC(=NCc1nc(-c2ccc(Cl)cc2)no1)NCCc1ccc2c(c1)OCO2. The molecule has 0 saturated carbocycles. The molecular formula is C21H22ClN5O3. The highest BCUT2D eigenvalue weighted by Gasteiger charge is 2.13. The van der Waals surface area contributed by atoms with E-state index in [1.54, 1.807) is 12.1 Å². The molecule has 156 valence electrons. The highest BCUT2D eigenvalue weighted by molar-refractivity contribution is 6.30. The van der Waals surface area contributed by atoms with E-state index in [-0.39, 0.29) is 13.3 Å². The Kier molecular flexibility index (Phi) is 6.34. The molecule has 1 aliphatic heterocycles. The Balaban J connectivity index is 1.33. The standard InChI is InChI=1S/C21H22ClN5O3/c1-2-23-21(24-10-9-14-3-8-17-18(11-14)29-13-28-17)25-12-19-26-20(27-30-19)15-4-6-16(22)7-5-15/h3-8,11H,2,9-10,12-13H2,1H3,(H2,23,24,25). The van der Waals surface area contributed by atoms with Crippen LogP contribution in [0.1, 0.15) is 18.4 Å². The van der Waals surface area contributed by atoms with Gasteiger partial charge in [-0.2, -0.15) is 4.98 Å². The summed E-state index contributed by atoms with van der Waals surface area (Å²) in [4.78, 5) is 8.92. The number of hydrogen-bond acceptors (Lipinski definition) is 6. The third kappa shape index (κ3) is 5.01. The van der Waals surface area contributed by atoms with Gasteiger partial charge in [0.2, 0.25) is 18.5 Å². The summed E-state index contributed by atoms with van der Waals surface area (Å²) in [5.74, 6) is 3.22. The summed E-state index contributed by atoms with van der Waals surface area (Å²) < 4.78 is 16.1. The predicted molar refractivity (Wildman–Crippen MR) is 114 cm³/mol. The second kappa shape index (κ2) is 9.49. The lowest BCUT2D eigenvalue weighted by Gasteiger charge is -2.11. The minimum atomic E-state index is 0.278. The topological polar surface area (TPSA) is 93.8 Å². The van der Waals surface area contributed by atoms with E-state index >= 15 is 0 Å². The van der Waals surface area contributed by atoms with Gasteiger partial charge in [-0.15, -0.1) is 0 Å². The maximum atomic E-state index is 5.92. The molecule has 0 aliphatic carbocycles. The zero-order valence-corrected chi connectivity index (χ0v) is 17.3. The molecule has 2 N–H and O–H groups in total. The van der Waals surface area contributed by atoms with Crippen molar-refractivity contribution in [3.05, 3.63) is 58.9 Å². The Morgan fingerprint density at radius 3 is 2.77 bits per heavy atom. The van der Waals surface area contributed by atoms with Crippen molar-refractivity contribution in [1.82, 2.24) is 20.8 Å². The van der Waals surface area contributed by atoms with Gasteiger partial charge in [-0.3, -0.25) is 0 Å². The van der Waals surface area contributed by atoms with Crippen molar-refractivity contribution in [2.45, 2.75) is 19.9 Å². The zero-order valence-electron chi connectivity index (χ0n) is 16.5. The summed E-state index contributed by atoms with van der Waals surface area (Å²) in [6, 6.07) is 13.3. The van der Waals surface area contributed by atoms with Crippen molar-refractivity contribution < 1.29 is 14.0 Å². The van der Waals surface area contributed by atoms with Crippen molar-refractivity contribution in [3.8, 4) is 22.9 Å². The molecule has 0 saturated heterocycles. The minimum absolute atomic E-state index is 0.278. The maximum Gasteiger partial charge on any atom is 0.248 e. The largest absolute Gasteiger partial charge is 0.454 e. The number of guanidine groups is 1. The summed E-state index contributed by atoms with van der Waals surface area (Å²) in [6.07, 6.45) is 0.822. The minimum Gasteiger partial charge on any atom is -0.454 e. The summed E-state index contributed by atoms with van der Waals surface area (Å²) in [5.41, 5.74) is 2.00. The maximum absolute atomic E-state index is 5.92. The smallest absolute Gasteiger partial charge is 0.248 e. The number of fused-ring (bicyclic) bond motifs is 1. The number of rotatable bonds is 7. The fourth-order valence-corrected chi connectivity index (χ4v) is 3.07. The first-order valence-electron chi connectivity index (χ1n) is 9.70.